The summed E-state index contributed by atoms with van der Waals surface area (Å²) in [5, 5.41) is 3.39. The molecule has 3 heterocycles. The molecular formula is C32H41N3O5. The average molecular weight is 548 g/mol. The van der Waals surface area contributed by atoms with Crippen molar-refractivity contribution in [3.05, 3.63) is 77.6 Å². The molecule has 40 heavy (non-hydrogen) atoms. The number of aromatic nitrogens is 1. The lowest BCUT2D eigenvalue weighted by Gasteiger charge is -2.25. The van der Waals surface area contributed by atoms with Gasteiger partial charge in [0.15, 0.2) is 5.78 Å². The third-order valence-electron chi connectivity index (χ3n) is 6.61. The van der Waals surface area contributed by atoms with Crippen LogP contribution in [0.25, 0.3) is 0 Å². The fraction of sp³-hybridized carbons (Fsp3) is 0.469. The Kier molecular flexibility index (Phi) is 9.98. The number of piperidine rings is 1. The topological polar surface area (TPSA) is 90.0 Å². The molecule has 1 aromatic carbocycles. The van der Waals surface area contributed by atoms with Gasteiger partial charge in [0.25, 0.3) is 0 Å². The highest BCUT2D eigenvalue weighted by molar-refractivity contribution is 5.94. The smallest absolute Gasteiger partial charge is 0.414 e. The van der Waals surface area contributed by atoms with Crippen molar-refractivity contribution < 1.29 is 23.8 Å². The fourth-order valence-electron chi connectivity index (χ4n) is 4.30. The number of nitrogens with zero attached hydrogens (tertiary/aromatic N) is 2. The van der Waals surface area contributed by atoms with Gasteiger partial charge in [-0.25, -0.2) is 9.78 Å². The molecule has 2 aliphatic heterocycles. The normalized spacial score (nSPS) is 17.1. The summed E-state index contributed by atoms with van der Waals surface area (Å²) >= 11 is 0. The number of allylic oxidation sites excluding steroid dienone is 2. The molecule has 2 aromatic rings. The predicted molar refractivity (Wildman–Crippen MR) is 155 cm³/mol. The number of Topliss-reactive ketones (excluding diaryl/α,β-unsaturated/α-hetero) is 1. The zero-order valence-electron chi connectivity index (χ0n) is 24.0. The molecule has 0 atom stereocenters. The molecule has 0 spiro atoms. The minimum atomic E-state index is -0.425. The van der Waals surface area contributed by atoms with E-state index in [1.165, 1.54) is 4.90 Å². The Balaban J connectivity index is 0.000000240. The highest BCUT2D eigenvalue weighted by Crippen LogP contribution is 2.31. The maximum atomic E-state index is 11.7. The number of hydrogen-bond acceptors (Lipinski definition) is 7. The summed E-state index contributed by atoms with van der Waals surface area (Å²) in [4.78, 5) is 29.4. The van der Waals surface area contributed by atoms with Gasteiger partial charge in [-0.15, -0.1) is 0 Å². The number of ether oxygens (including phenoxy) is 3. The molecular weight excluding hydrogens is 506 g/mol. The minimum Gasteiger partial charge on any atom is -0.490 e. The zero-order chi connectivity index (χ0) is 28.5. The van der Waals surface area contributed by atoms with Gasteiger partial charge >= 0.3 is 6.09 Å². The van der Waals surface area contributed by atoms with Crippen molar-refractivity contribution in [1.82, 2.24) is 15.2 Å². The number of carbonyl (C=O) groups excluding carboxylic acids is 2. The van der Waals surface area contributed by atoms with E-state index in [1.54, 1.807) is 13.1 Å². The van der Waals surface area contributed by atoms with E-state index in [0.29, 0.717) is 30.5 Å². The Morgan fingerprint density at radius 3 is 2.48 bits per heavy atom. The average Bonchev–Trinajstić information content (AvgIpc) is 3.77. The summed E-state index contributed by atoms with van der Waals surface area (Å²) < 4.78 is 17.1. The Bertz CT molecular complexity index is 1220. The van der Waals surface area contributed by atoms with E-state index >= 15 is 0 Å². The number of pyridine rings is 1. The molecule has 0 bridgehead atoms. The number of amides is 1. The van der Waals surface area contributed by atoms with Gasteiger partial charge in [0.05, 0.1) is 6.10 Å². The van der Waals surface area contributed by atoms with Crippen molar-refractivity contribution in [3.8, 4) is 11.6 Å². The molecule has 2 fully saturated rings. The van der Waals surface area contributed by atoms with Crippen LogP contribution in [0, 0.1) is 0 Å². The lowest BCUT2D eigenvalue weighted by atomic mass is 9.94. The first-order chi connectivity index (χ1) is 19.2. The van der Waals surface area contributed by atoms with Crippen LogP contribution in [0.5, 0.6) is 11.6 Å². The van der Waals surface area contributed by atoms with E-state index in [-0.39, 0.29) is 18.0 Å². The Labute approximate surface area is 237 Å². The van der Waals surface area contributed by atoms with E-state index < -0.39 is 5.60 Å². The maximum absolute atomic E-state index is 11.7. The minimum absolute atomic E-state index is 0.0412. The molecule has 0 radical (unpaired) electrons. The Morgan fingerprint density at radius 1 is 1.05 bits per heavy atom. The molecule has 5 rings (SSSR count). The standard InChI is InChI=1S/C22H26N2O3.C10H15NO2/c1-15(25)17-5-6-18(21(13-17)27-19-7-8-19)14-26-22-4-2-3-20(24-22)16-9-11-23-12-10-16;1-10(2,3)13-9(12)11-7-5-4-6-8-11/h2-6,13,16,19,23H,7-12,14H2,1H3;4-7H,8H2,1-3H3. The van der Waals surface area contributed by atoms with Gasteiger partial charge in [0, 0.05) is 41.5 Å². The molecule has 1 aliphatic carbocycles. The molecule has 8 nitrogen and oxygen atoms in total. The molecule has 214 valence electrons. The van der Waals surface area contributed by atoms with Crippen molar-refractivity contribution in [2.45, 2.75) is 77.6 Å². The second kappa shape index (κ2) is 13.6. The second-order valence-electron chi connectivity index (χ2n) is 11.3. The van der Waals surface area contributed by atoms with Crippen LogP contribution in [0.4, 0.5) is 4.79 Å². The van der Waals surface area contributed by atoms with E-state index in [1.807, 2.05) is 69.3 Å². The first-order valence-electron chi connectivity index (χ1n) is 14.1. The number of nitrogens with one attached hydrogen (secondary N) is 1. The molecule has 1 amide bonds. The zero-order valence-corrected chi connectivity index (χ0v) is 24.0. The van der Waals surface area contributed by atoms with Gasteiger partial charge in [-0.05, 0) is 84.7 Å². The lowest BCUT2D eigenvalue weighted by Crippen LogP contribution is -2.34. The van der Waals surface area contributed by atoms with Gasteiger partial charge in [-0.2, -0.15) is 0 Å². The van der Waals surface area contributed by atoms with Gasteiger partial charge < -0.3 is 19.5 Å². The molecule has 1 aromatic heterocycles. The maximum Gasteiger partial charge on any atom is 0.414 e. The molecule has 8 heteroatoms. The summed E-state index contributed by atoms with van der Waals surface area (Å²) in [7, 11) is 0. The third kappa shape index (κ3) is 9.23. The lowest BCUT2D eigenvalue weighted by molar-refractivity contribution is 0.0350. The van der Waals surface area contributed by atoms with Crippen LogP contribution in [0.15, 0.2) is 60.8 Å². The van der Waals surface area contributed by atoms with E-state index in [2.05, 4.69) is 11.4 Å². The summed E-state index contributed by atoms with van der Waals surface area (Å²) in [6.07, 6.45) is 11.7. The van der Waals surface area contributed by atoms with Crippen molar-refractivity contribution in [3.63, 3.8) is 0 Å². The summed E-state index contributed by atoms with van der Waals surface area (Å²) in [5.74, 6) is 1.93. The van der Waals surface area contributed by atoms with Crippen LogP contribution in [0.1, 0.15) is 80.9 Å². The molecule has 1 saturated carbocycles. The highest BCUT2D eigenvalue weighted by atomic mass is 16.6. The first kappa shape index (κ1) is 29.3. The van der Waals surface area contributed by atoms with Crippen LogP contribution in [0.3, 0.4) is 0 Å². The van der Waals surface area contributed by atoms with Gasteiger partial charge in [-0.3, -0.25) is 9.69 Å². The summed E-state index contributed by atoms with van der Waals surface area (Å²) in [6.45, 7) is 10.2. The number of benzene rings is 1. The predicted octanol–water partition coefficient (Wildman–Crippen LogP) is 6.18. The summed E-state index contributed by atoms with van der Waals surface area (Å²) in [6, 6.07) is 11.6. The van der Waals surface area contributed by atoms with Crippen molar-refractivity contribution in [2.24, 2.45) is 0 Å². The van der Waals surface area contributed by atoms with E-state index in [9.17, 15) is 9.59 Å². The highest BCUT2D eigenvalue weighted by Gasteiger charge is 2.25. The first-order valence-corrected chi connectivity index (χ1v) is 14.1. The Hall–Kier alpha value is -3.65. The fourth-order valence-corrected chi connectivity index (χ4v) is 4.30. The summed E-state index contributed by atoms with van der Waals surface area (Å²) in [5.41, 5.74) is 2.29. The SMILES string of the molecule is CC(=O)c1ccc(COc2cccc(C3CCNCC3)n2)c(OC2CC2)c1.CC(C)(C)OC(=O)N1C=CC=CC1. The van der Waals surface area contributed by atoms with Gasteiger partial charge in [-0.1, -0.05) is 30.4 Å². The van der Waals surface area contributed by atoms with Gasteiger partial charge in [0.1, 0.15) is 18.0 Å². The van der Waals surface area contributed by atoms with E-state index in [4.69, 9.17) is 19.2 Å². The number of rotatable bonds is 7. The van der Waals surface area contributed by atoms with Crippen LogP contribution < -0.4 is 14.8 Å². The number of ketones is 1. The number of carbonyl (C=O) groups is 2. The molecule has 1 N–H and O–H groups in total. The Morgan fingerprint density at radius 2 is 1.82 bits per heavy atom. The van der Waals surface area contributed by atoms with Crippen LogP contribution >= 0.6 is 0 Å². The second-order valence-corrected chi connectivity index (χ2v) is 11.3. The molecule has 3 aliphatic rings. The largest absolute Gasteiger partial charge is 0.490 e. The number of hydrogen-bond donors (Lipinski definition) is 1. The molecule has 1 saturated heterocycles. The molecule has 0 unspecified atom stereocenters. The van der Waals surface area contributed by atoms with Crippen LogP contribution in [0.2, 0.25) is 0 Å². The monoisotopic (exact) mass is 547 g/mol. The third-order valence-corrected chi connectivity index (χ3v) is 6.61. The quantitative estimate of drug-likeness (QED) is 0.414. The van der Waals surface area contributed by atoms with Crippen LogP contribution in [-0.2, 0) is 11.3 Å². The van der Waals surface area contributed by atoms with Crippen molar-refractivity contribution >= 4 is 11.9 Å². The van der Waals surface area contributed by atoms with E-state index in [0.717, 1.165) is 55.8 Å². The van der Waals surface area contributed by atoms with Crippen molar-refractivity contribution in [2.75, 3.05) is 19.6 Å². The van der Waals surface area contributed by atoms with Gasteiger partial charge in [0.2, 0.25) is 5.88 Å². The van der Waals surface area contributed by atoms with Crippen molar-refractivity contribution in [1.29, 1.82) is 0 Å². The van der Waals surface area contributed by atoms with Crippen LogP contribution in [-0.4, -0.2) is 53.1 Å².